The Balaban J connectivity index is 1.52. The molecule has 2 aromatic carbocycles. The lowest BCUT2D eigenvalue weighted by Crippen LogP contribution is -2.44. The first kappa shape index (κ1) is 17.1. The first-order chi connectivity index (χ1) is 12.5. The maximum atomic E-state index is 12.7. The molecule has 7 heteroatoms. The van der Waals surface area contributed by atoms with E-state index in [2.05, 4.69) is 6.07 Å². The van der Waals surface area contributed by atoms with Crippen LogP contribution in [-0.2, 0) is 17.8 Å². The summed E-state index contributed by atoms with van der Waals surface area (Å²) in [6, 6.07) is 10.7. The quantitative estimate of drug-likeness (QED) is 0.742. The summed E-state index contributed by atoms with van der Waals surface area (Å²) in [6.07, 6.45) is 0.759. The molecule has 132 valence electrons. The molecule has 2 aliphatic heterocycles. The second-order valence-corrected chi connectivity index (χ2v) is 7.16. The van der Waals surface area contributed by atoms with Gasteiger partial charge in [0.15, 0.2) is 0 Å². The molecule has 3 amide bonds. The molecule has 0 radical (unpaired) electrons. The molecule has 0 spiro atoms. The van der Waals surface area contributed by atoms with Crippen molar-refractivity contribution in [3.63, 3.8) is 0 Å². The zero-order chi connectivity index (χ0) is 18.4. The van der Waals surface area contributed by atoms with Crippen LogP contribution in [0.4, 0.5) is 0 Å². The highest BCUT2D eigenvalue weighted by Crippen LogP contribution is 2.31. The van der Waals surface area contributed by atoms with Crippen molar-refractivity contribution in [3.8, 4) is 0 Å². The number of hydrogen-bond donors (Lipinski definition) is 0. The largest absolute Gasteiger partial charge is 0.336 e. The molecule has 0 fully saturated rings. The summed E-state index contributed by atoms with van der Waals surface area (Å²) in [5.41, 5.74) is 2.68. The van der Waals surface area contributed by atoms with Crippen molar-refractivity contribution in [2.45, 2.75) is 13.0 Å². The highest BCUT2D eigenvalue weighted by atomic mass is 35.5. The Hall–Kier alpha value is -2.37. The number of imide groups is 1. The number of rotatable bonds is 2. The third-order valence-electron chi connectivity index (χ3n) is 4.79. The number of carbonyl (C=O) groups is 3. The maximum absolute atomic E-state index is 12.7. The average molecular weight is 389 g/mol. The Morgan fingerprint density at radius 1 is 0.962 bits per heavy atom. The van der Waals surface area contributed by atoms with Gasteiger partial charge in [-0.15, -0.1) is 0 Å². The summed E-state index contributed by atoms with van der Waals surface area (Å²) in [5.74, 6) is -1.30. The maximum Gasteiger partial charge on any atom is 0.262 e. The predicted molar refractivity (Wildman–Crippen MR) is 97.4 cm³/mol. The molecule has 2 heterocycles. The highest BCUT2D eigenvalue weighted by Gasteiger charge is 2.38. The van der Waals surface area contributed by atoms with Crippen molar-refractivity contribution in [2.24, 2.45) is 0 Å². The van der Waals surface area contributed by atoms with Crippen LogP contribution in [0.3, 0.4) is 0 Å². The van der Waals surface area contributed by atoms with Crippen molar-refractivity contribution >= 4 is 40.9 Å². The second-order valence-electron chi connectivity index (χ2n) is 6.34. The summed E-state index contributed by atoms with van der Waals surface area (Å²) in [4.78, 5) is 40.3. The van der Waals surface area contributed by atoms with E-state index in [9.17, 15) is 14.4 Å². The molecular weight excluding hydrogens is 375 g/mol. The Morgan fingerprint density at radius 2 is 1.54 bits per heavy atom. The number of nitrogens with zero attached hydrogens (tertiary/aromatic N) is 2. The molecule has 0 N–H and O–H groups in total. The van der Waals surface area contributed by atoms with Crippen molar-refractivity contribution in [1.29, 1.82) is 0 Å². The molecule has 0 bridgehead atoms. The summed E-state index contributed by atoms with van der Waals surface area (Å²) in [5, 5.41) is 0.403. The molecule has 0 saturated carbocycles. The fourth-order valence-corrected chi connectivity index (χ4v) is 3.70. The molecular formula is C19H14Cl2N2O3. The van der Waals surface area contributed by atoms with Crippen LogP contribution in [0.15, 0.2) is 36.4 Å². The van der Waals surface area contributed by atoms with Gasteiger partial charge in [-0.05, 0) is 29.7 Å². The van der Waals surface area contributed by atoms with E-state index in [-0.39, 0.29) is 33.6 Å². The van der Waals surface area contributed by atoms with Crippen molar-refractivity contribution < 1.29 is 14.4 Å². The van der Waals surface area contributed by atoms with Crippen LogP contribution in [-0.4, -0.2) is 40.6 Å². The Labute approximate surface area is 160 Å². The Kier molecular flexibility index (Phi) is 4.21. The molecule has 0 aromatic heterocycles. The number of amides is 3. The summed E-state index contributed by atoms with van der Waals surface area (Å²) >= 11 is 11.9. The standard InChI is InChI=1S/C19H14Cl2N2O3/c20-15-7-13-14(8-16(15)21)19(26)23(18(13)25)10-17(24)22-6-5-11-3-1-2-4-12(11)9-22/h1-4,7-8H,5-6,9-10H2. The monoisotopic (exact) mass is 388 g/mol. The third kappa shape index (κ3) is 2.77. The Morgan fingerprint density at radius 3 is 2.15 bits per heavy atom. The fourth-order valence-electron chi connectivity index (χ4n) is 3.37. The van der Waals surface area contributed by atoms with Crippen LogP contribution in [0.25, 0.3) is 0 Å². The molecule has 5 nitrogen and oxygen atoms in total. The van der Waals surface area contributed by atoms with E-state index < -0.39 is 11.8 Å². The first-order valence-electron chi connectivity index (χ1n) is 8.15. The van der Waals surface area contributed by atoms with Crippen molar-refractivity contribution in [2.75, 3.05) is 13.1 Å². The van der Waals surface area contributed by atoms with Crippen molar-refractivity contribution in [3.05, 3.63) is 68.7 Å². The molecule has 26 heavy (non-hydrogen) atoms. The molecule has 0 atom stereocenters. The normalized spacial score (nSPS) is 15.9. The van der Waals surface area contributed by atoms with Gasteiger partial charge in [0.2, 0.25) is 5.91 Å². The van der Waals surface area contributed by atoms with E-state index in [0.29, 0.717) is 13.1 Å². The minimum absolute atomic E-state index is 0.182. The molecule has 2 aromatic rings. The summed E-state index contributed by atoms with van der Waals surface area (Å²) < 4.78 is 0. The van der Waals surface area contributed by atoms with Gasteiger partial charge in [0.25, 0.3) is 11.8 Å². The molecule has 4 rings (SSSR count). The molecule has 0 aliphatic carbocycles. The van der Waals surface area contributed by atoms with Crippen molar-refractivity contribution in [1.82, 2.24) is 9.80 Å². The zero-order valence-electron chi connectivity index (χ0n) is 13.7. The van der Waals surface area contributed by atoms with Gasteiger partial charge >= 0.3 is 0 Å². The van der Waals surface area contributed by atoms with Gasteiger partial charge in [0.05, 0.1) is 21.2 Å². The predicted octanol–water partition coefficient (Wildman–Crippen LogP) is 3.17. The average Bonchev–Trinajstić information content (AvgIpc) is 2.86. The molecule has 0 unspecified atom stereocenters. The number of benzene rings is 2. The van der Waals surface area contributed by atoms with Crippen LogP contribution in [0.1, 0.15) is 31.8 Å². The lowest BCUT2D eigenvalue weighted by atomic mass is 10.00. The van der Waals surface area contributed by atoms with Crippen LogP contribution < -0.4 is 0 Å². The lowest BCUT2D eigenvalue weighted by molar-refractivity contribution is -0.132. The number of halogens is 2. The van der Waals surface area contributed by atoms with Gasteiger partial charge < -0.3 is 4.90 Å². The molecule has 2 aliphatic rings. The van der Waals surface area contributed by atoms with E-state index in [0.717, 1.165) is 16.9 Å². The van der Waals surface area contributed by atoms with Gasteiger partial charge in [-0.25, -0.2) is 0 Å². The van der Waals surface area contributed by atoms with Crippen LogP contribution in [0.5, 0.6) is 0 Å². The minimum Gasteiger partial charge on any atom is -0.336 e. The van der Waals surface area contributed by atoms with Crippen LogP contribution >= 0.6 is 23.2 Å². The van der Waals surface area contributed by atoms with E-state index in [4.69, 9.17) is 23.2 Å². The van der Waals surface area contributed by atoms with E-state index in [1.54, 1.807) is 4.90 Å². The van der Waals surface area contributed by atoms with Crippen LogP contribution in [0, 0.1) is 0 Å². The van der Waals surface area contributed by atoms with E-state index in [1.807, 2.05) is 18.2 Å². The summed E-state index contributed by atoms with van der Waals surface area (Å²) in [7, 11) is 0. The lowest BCUT2D eigenvalue weighted by Gasteiger charge is -2.30. The van der Waals surface area contributed by atoms with Gasteiger partial charge in [0.1, 0.15) is 6.54 Å². The Bertz CT molecular complexity index is 917. The molecule has 0 saturated heterocycles. The SMILES string of the molecule is O=C(CN1C(=O)c2cc(Cl)c(Cl)cc2C1=O)N1CCc2ccccc2C1. The van der Waals surface area contributed by atoms with Gasteiger partial charge in [-0.1, -0.05) is 47.5 Å². The number of hydrogen-bond acceptors (Lipinski definition) is 3. The fraction of sp³-hybridized carbons (Fsp3) is 0.211. The zero-order valence-corrected chi connectivity index (χ0v) is 15.2. The smallest absolute Gasteiger partial charge is 0.262 e. The number of fused-ring (bicyclic) bond motifs is 2. The number of carbonyl (C=O) groups excluding carboxylic acids is 3. The third-order valence-corrected chi connectivity index (χ3v) is 5.51. The highest BCUT2D eigenvalue weighted by molar-refractivity contribution is 6.43. The van der Waals surface area contributed by atoms with Gasteiger partial charge in [-0.2, -0.15) is 0 Å². The first-order valence-corrected chi connectivity index (χ1v) is 8.91. The summed E-state index contributed by atoms with van der Waals surface area (Å²) in [6.45, 7) is 0.760. The van der Waals surface area contributed by atoms with Gasteiger partial charge in [-0.3, -0.25) is 19.3 Å². The second kappa shape index (κ2) is 6.41. The van der Waals surface area contributed by atoms with E-state index in [1.165, 1.54) is 17.7 Å². The van der Waals surface area contributed by atoms with Gasteiger partial charge in [0, 0.05) is 13.1 Å². The minimum atomic E-state index is -0.519. The van der Waals surface area contributed by atoms with E-state index >= 15 is 0 Å². The van der Waals surface area contributed by atoms with Crippen LogP contribution in [0.2, 0.25) is 10.0 Å². The topological polar surface area (TPSA) is 57.7 Å².